The molecule has 1 N–H and O–H groups in total. The zero-order chi connectivity index (χ0) is 14.3. The zero-order valence-corrected chi connectivity index (χ0v) is 11.5. The van der Waals surface area contributed by atoms with E-state index in [1.165, 1.54) is 12.1 Å². The summed E-state index contributed by atoms with van der Waals surface area (Å²) in [6, 6.07) is 13.1. The second kappa shape index (κ2) is 4.35. The van der Waals surface area contributed by atoms with E-state index in [4.69, 9.17) is 0 Å². The first kappa shape index (κ1) is 12.7. The fraction of sp³-hybridized carbons (Fsp3) is 0.0714. The van der Waals surface area contributed by atoms with Crippen LogP contribution in [0.1, 0.15) is 5.56 Å². The molecule has 2 aromatic carbocycles. The van der Waals surface area contributed by atoms with Gasteiger partial charge in [-0.1, -0.05) is 29.8 Å². The van der Waals surface area contributed by atoms with E-state index < -0.39 is 15.6 Å². The van der Waals surface area contributed by atoms with E-state index in [-0.39, 0.29) is 4.90 Å². The van der Waals surface area contributed by atoms with E-state index >= 15 is 0 Å². The highest BCUT2D eigenvalue weighted by Crippen LogP contribution is 2.14. The summed E-state index contributed by atoms with van der Waals surface area (Å²) in [5.74, 6) is 0. The first-order valence-electron chi connectivity index (χ1n) is 6.02. The normalized spacial score (nSPS) is 11.8. The van der Waals surface area contributed by atoms with Crippen LogP contribution in [0.5, 0.6) is 0 Å². The maximum absolute atomic E-state index is 12.5. The van der Waals surface area contributed by atoms with Crippen molar-refractivity contribution in [3.05, 3.63) is 64.4 Å². The fourth-order valence-electron chi connectivity index (χ4n) is 2.02. The minimum absolute atomic E-state index is 0.0803. The van der Waals surface area contributed by atoms with Crippen molar-refractivity contribution >= 4 is 20.9 Å². The molecule has 0 fully saturated rings. The third-order valence-electron chi connectivity index (χ3n) is 3.12. The van der Waals surface area contributed by atoms with E-state index in [9.17, 15) is 13.2 Å². The van der Waals surface area contributed by atoms with Crippen LogP contribution < -0.4 is 5.56 Å². The molecule has 3 rings (SSSR count). The van der Waals surface area contributed by atoms with Crippen molar-refractivity contribution in [2.24, 2.45) is 0 Å². The number of nitrogens with zero attached hydrogens (tertiary/aromatic N) is 1. The molecule has 0 atom stereocenters. The number of para-hydroxylation sites is 1. The van der Waals surface area contributed by atoms with Crippen LogP contribution in [0.3, 0.4) is 0 Å². The summed E-state index contributed by atoms with van der Waals surface area (Å²) in [6.07, 6.45) is 0. The van der Waals surface area contributed by atoms with Gasteiger partial charge in [0.05, 0.1) is 15.8 Å². The molecule has 1 aromatic heterocycles. The predicted octanol–water partition coefficient (Wildman–Crippen LogP) is 1.88. The summed E-state index contributed by atoms with van der Waals surface area (Å²) in [5, 5.41) is 2.98. The molecular formula is C14H12N2O3S. The first-order valence-corrected chi connectivity index (χ1v) is 7.46. The Morgan fingerprint density at radius 1 is 1.00 bits per heavy atom. The molecule has 0 amide bonds. The number of rotatable bonds is 2. The van der Waals surface area contributed by atoms with Crippen LogP contribution >= 0.6 is 0 Å². The number of benzene rings is 2. The van der Waals surface area contributed by atoms with Crippen molar-refractivity contribution in [1.82, 2.24) is 9.19 Å². The van der Waals surface area contributed by atoms with Crippen molar-refractivity contribution in [2.75, 3.05) is 0 Å². The van der Waals surface area contributed by atoms with Gasteiger partial charge < -0.3 is 0 Å². The number of H-pyrrole nitrogens is 1. The molecule has 0 aliphatic carbocycles. The van der Waals surface area contributed by atoms with Gasteiger partial charge in [0.15, 0.2) is 0 Å². The average molecular weight is 288 g/mol. The SMILES string of the molecule is Cc1ccc(S(=O)(=O)n2[nH]c3ccccc3c2=O)cc1. The van der Waals surface area contributed by atoms with Gasteiger partial charge in [-0.3, -0.25) is 9.89 Å². The van der Waals surface area contributed by atoms with Crippen LogP contribution in [0.4, 0.5) is 0 Å². The van der Waals surface area contributed by atoms with E-state index in [0.717, 1.165) is 5.56 Å². The van der Waals surface area contributed by atoms with Crippen LogP contribution in [-0.4, -0.2) is 17.6 Å². The number of hydrogen-bond donors (Lipinski definition) is 1. The van der Waals surface area contributed by atoms with E-state index in [1.807, 2.05) is 6.92 Å². The molecule has 6 heteroatoms. The molecule has 20 heavy (non-hydrogen) atoms. The Morgan fingerprint density at radius 2 is 1.65 bits per heavy atom. The highest BCUT2D eigenvalue weighted by molar-refractivity contribution is 7.89. The third-order valence-corrected chi connectivity index (χ3v) is 4.73. The van der Waals surface area contributed by atoms with Crippen LogP contribution in [0, 0.1) is 6.92 Å². The fourth-order valence-corrected chi connectivity index (χ4v) is 3.25. The standard InChI is InChI=1S/C14H12N2O3S/c1-10-6-8-11(9-7-10)20(18,19)16-14(17)12-4-2-3-5-13(12)15-16/h2-9,15H,1H3. The van der Waals surface area contributed by atoms with Crippen molar-refractivity contribution in [2.45, 2.75) is 11.8 Å². The van der Waals surface area contributed by atoms with Gasteiger partial charge in [0.25, 0.3) is 15.6 Å². The maximum atomic E-state index is 12.5. The number of fused-ring (bicyclic) bond motifs is 1. The lowest BCUT2D eigenvalue weighted by Gasteiger charge is -2.04. The molecule has 5 nitrogen and oxygen atoms in total. The van der Waals surface area contributed by atoms with Gasteiger partial charge >= 0.3 is 0 Å². The maximum Gasteiger partial charge on any atom is 0.288 e. The number of hydrogen-bond acceptors (Lipinski definition) is 3. The van der Waals surface area contributed by atoms with Crippen LogP contribution in [0.25, 0.3) is 10.9 Å². The monoisotopic (exact) mass is 288 g/mol. The highest BCUT2D eigenvalue weighted by atomic mass is 32.2. The summed E-state index contributed by atoms with van der Waals surface area (Å²) in [4.78, 5) is 12.2. The number of nitrogens with one attached hydrogen (secondary N) is 1. The molecular weight excluding hydrogens is 276 g/mol. The lowest BCUT2D eigenvalue weighted by Crippen LogP contribution is -2.25. The van der Waals surface area contributed by atoms with Gasteiger partial charge in [-0.05, 0) is 31.2 Å². The van der Waals surface area contributed by atoms with Crippen molar-refractivity contribution in [3.63, 3.8) is 0 Å². The van der Waals surface area contributed by atoms with Crippen molar-refractivity contribution in [1.29, 1.82) is 0 Å². The Kier molecular flexibility index (Phi) is 2.76. The minimum atomic E-state index is -3.90. The van der Waals surface area contributed by atoms with Crippen LogP contribution in [0.2, 0.25) is 0 Å². The topological polar surface area (TPSA) is 71.9 Å². The number of aryl methyl sites for hydroxylation is 1. The summed E-state index contributed by atoms with van der Waals surface area (Å²) < 4.78 is 25.6. The Hall–Kier alpha value is -2.34. The van der Waals surface area contributed by atoms with Gasteiger partial charge in [-0.25, -0.2) is 0 Å². The Bertz CT molecular complexity index is 934. The van der Waals surface area contributed by atoms with Gasteiger partial charge in [-0.15, -0.1) is 4.09 Å². The van der Waals surface area contributed by atoms with Crippen LogP contribution in [-0.2, 0) is 10.0 Å². The zero-order valence-electron chi connectivity index (χ0n) is 10.7. The van der Waals surface area contributed by atoms with E-state index in [2.05, 4.69) is 5.10 Å². The molecule has 0 aliphatic heterocycles. The Balaban J connectivity index is 2.26. The molecule has 3 aromatic rings. The van der Waals surface area contributed by atoms with Gasteiger partial charge in [0, 0.05) is 0 Å². The van der Waals surface area contributed by atoms with Crippen molar-refractivity contribution < 1.29 is 8.42 Å². The predicted molar refractivity (Wildman–Crippen MR) is 76.3 cm³/mol. The molecule has 0 spiro atoms. The summed E-state index contributed by atoms with van der Waals surface area (Å²) in [5.41, 5.74) is 0.877. The Labute approximate surface area is 115 Å². The molecule has 0 unspecified atom stereocenters. The quantitative estimate of drug-likeness (QED) is 0.782. The van der Waals surface area contributed by atoms with E-state index in [0.29, 0.717) is 15.0 Å². The van der Waals surface area contributed by atoms with Gasteiger partial charge in [-0.2, -0.15) is 8.42 Å². The lowest BCUT2D eigenvalue weighted by atomic mass is 10.2. The van der Waals surface area contributed by atoms with Gasteiger partial charge in [0.2, 0.25) is 0 Å². The largest absolute Gasteiger partial charge is 0.288 e. The molecule has 0 aliphatic rings. The first-order chi connectivity index (χ1) is 9.50. The molecule has 0 radical (unpaired) electrons. The van der Waals surface area contributed by atoms with Crippen LogP contribution in [0.15, 0.2) is 58.2 Å². The summed E-state index contributed by atoms with van der Waals surface area (Å²) >= 11 is 0. The van der Waals surface area contributed by atoms with Gasteiger partial charge in [0.1, 0.15) is 0 Å². The number of aromatic nitrogens is 2. The third kappa shape index (κ3) is 1.85. The minimum Gasteiger partial charge on any atom is -0.280 e. The average Bonchev–Trinajstić information content (AvgIpc) is 2.78. The molecule has 0 saturated carbocycles. The molecule has 0 saturated heterocycles. The highest BCUT2D eigenvalue weighted by Gasteiger charge is 2.21. The number of aromatic amines is 1. The molecule has 102 valence electrons. The lowest BCUT2D eigenvalue weighted by molar-refractivity contribution is 0.578. The smallest absolute Gasteiger partial charge is 0.280 e. The summed E-state index contributed by atoms with van der Waals surface area (Å²) in [6.45, 7) is 1.87. The second-order valence-electron chi connectivity index (χ2n) is 4.55. The molecule has 1 heterocycles. The van der Waals surface area contributed by atoms with E-state index in [1.54, 1.807) is 36.4 Å². The molecule has 0 bridgehead atoms. The summed E-state index contributed by atoms with van der Waals surface area (Å²) in [7, 11) is -3.90. The second-order valence-corrected chi connectivity index (χ2v) is 6.33. The van der Waals surface area contributed by atoms with Crippen molar-refractivity contribution in [3.8, 4) is 0 Å². The Morgan fingerprint density at radius 3 is 2.30 bits per heavy atom.